The first kappa shape index (κ1) is 10.3. The highest BCUT2D eigenvalue weighted by molar-refractivity contribution is 5.84. The average molecular weight is 190 g/mol. The molecule has 3 heteroatoms. The van der Waals surface area contributed by atoms with Crippen LogP contribution in [0.5, 0.6) is 0 Å². The zero-order valence-electron chi connectivity index (χ0n) is 8.04. The lowest BCUT2D eigenvalue weighted by Gasteiger charge is -2.05. The Kier molecular flexibility index (Phi) is 3.73. The minimum absolute atomic E-state index is 0.210. The van der Waals surface area contributed by atoms with Crippen LogP contribution < -0.4 is 5.32 Å². The molecule has 0 aliphatic heterocycles. The molecule has 0 saturated heterocycles. The summed E-state index contributed by atoms with van der Waals surface area (Å²) in [6.45, 7) is 5.58. The van der Waals surface area contributed by atoms with Crippen LogP contribution in [0.3, 0.4) is 0 Å². The van der Waals surface area contributed by atoms with E-state index in [0.29, 0.717) is 5.69 Å². The molecule has 1 amide bonds. The second-order valence-corrected chi connectivity index (χ2v) is 2.81. The predicted molar refractivity (Wildman–Crippen MR) is 55.2 cm³/mol. The van der Waals surface area contributed by atoms with Crippen LogP contribution in [0.4, 0.5) is 10.5 Å². The molecule has 1 rings (SSSR count). The van der Waals surface area contributed by atoms with E-state index in [0.717, 1.165) is 5.56 Å². The van der Waals surface area contributed by atoms with Crippen molar-refractivity contribution >= 4 is 11.8 Å². The quantitative estimate of drug-likeness (QED) is 0.744. The van der Waals surface area contributed by atoms with E-state index in [-0.39, 0.29) is 6.61 Å². The Labute approximate surface area is 83.4 Å². The molecule has 1 radical (unpaired) electrons. The average Bonchev–Trinajstić information content (AvgIpc) is 2.15. The summed E-state index contributed by atoms with van der Waals surface area (Å²) in [6, 6.07) is 8.26. The molecule has 1 aromatic rings. The largest absolute Gasteiger partial charge is 0.445 e. The number of rotatable bonds is 3. The molecular formula is C11H12NO2. The van der Waals surface area contributed by atoms with Gasteiger partial charge in [-0.1, -0.05) is 18.7 Å². The van der Waals surface area contributed by atoms with Crippen molar-refractivity contribution in [1.82, 2.24) is 0 Å². The van der Waals surface area contributed by atoms with E-state index in [4.69, 9.17) is 4.74 Å². The molecule has 0 aliphatic rings. The van der Waals surface area contributed by atoms with Crippen LogP contribution in [0.1, 0.15) is 5.56 Å². The minimum Gasteiger partial charge on any atom is -0.445 e. The Morgan fingerprint density at radius 1 is 1.71 bits per heavy atom. The third-order valence-electron chi connectivity index (χ3n) is 1.51. The zero-order chi connectivity index (χ0) is 10.4. The number of aryl methyl sites for hydroxylation is 1. The van der Waals surface area contributed by atoms with E-state index < -0.39 is 6.09 Å². The number of carbonyl (C=O) groups excluding carboxylic acids is 1. The molecule has 0 bridgehead atoms. The van der Waals surface area contributed by atoms with Crippen molar-refractivity contribution in [3.8, 4) is 0 Å². The van der Waals surface area contributed by atoms with Gasteiger partial charge in [-0.3, -0.25) is 5.32 Å². The molecule has 14 heavy (non-hydrogen) atoms. The van der Waals surface area contributed by atoms with Crippen LogP contribution in [0.25, 0.3) is 0 Å². The van der Waals surface area contributed by atoms with E-state index in [9.17, 15) is 4.79 Å². The van der Waals surface area contributed by atoms with E-state index in [1.807, 2.05) is 19.1 Å². The SMILES string of the molecule is C=CCOC(=O)Nc1c[c]cc(C)c1. The van der Waals surface area contributed by atoms with E-state index in [2.05, 4.69) is 18.0 Å². The van der Waals surface area contributed by atoms with Gasteiger partial charge in [-0.25, -0.2) is 4.79 Å². The summed E-state index contributed by atoms with van der Waals surface area (Å²) in [4.78, 5) is 11.1. The molecule has 0 saturated carbocycles. The lowest BCUT2D eigenvalue weighted by molar-refractivity contribution is 0.174. The standard InChI is InChI=1S/C11H12NO2/c1-3-7-14-11(13)12-10-6-4-5-9(2)8-10/h3,5-6,8H,1,7H2,2H3,(H,12,13). The zero-order valence-corrected chi connectivity index (χ0v) is 8.04. The normalized spacial score (nSPS) is 9.21. The smallest absolute Gasteiger partial charge is 0.411 e. The summed E-state index contributed by atoms with van der Waals surface area (Å²) in [5.74, 6) is 0. The highest BCUT2D eigenvalue weighted by Gasteiger charge is 2.00. The van der Waals surface area contributed by atoms with Gasteiger partial charge >= 0.3 is 6.09 Å². The number of hydrogen-bond acceptors (Lipinski definition) is 2. The topological polar surface area (TPSA) is 38.3 Å². The maximum Gasteiger partial charge on any atom is 0.411 e. The van der Waals surface area contributed by atoms with Gasteiger partial charge in [0.15, 0.2) is 0 Å². The van der Waals surface area contributed by atoms with Gasteiger partial charge in [-0.15, -0.1) is 0 Å². The lowest BCUT2D eigenvalue weighted by Crippen LogP contribution is -2.13. The van der Waals surface area contributed by atoms with Gasteiger partial charge in [0, 0.05) is 5.69 Å². The van der Waals surface area contributed by atoms with Crippen LogP contribution >= 0.6 is 0 Å². The van der Waals surface area contributed by atoms with E-state index >= 15 is 0 Å². The fraction of sp³-hybridized carbons (Fsp3) is 0.182. The van der Waals surface area contributed by atoms with Crippen LogP contribution in [0.2, 0.25) is 0 Å². The molecule has 0 fully saturated rings. The van der Waals surface area contributed by atoms with Crippen LogP contribution in [-0.2, 0) is 4.74 Å². The molecule has 0 heterocycles. The number of hydrogen-bond donors (Lipinski definition) is 1. The van der Waals surface area contributed by atoms with Crippen molar-refractivity contribution in [3.63, 3.8) is 0 Å². The fourth-order valence-electron chi connectivity index (χ4n) is 0.952. The first-order chi connectivity index (χ1) is 6.72. The van der Waals surface area contributed by atoms with Crippen LogP contribution in [-0.4, -0.2) is 12.7 Å². The van der Waals surface area contributed by atoms with Crippen molar-refractivity contribution in [2.45, 2.75) is 6.92 Å². The summed E-state index contributed by atoms with van der Waals surface area (Å²) in [5, 5.41) is 2.58. The van der Waals surface area contributed by atoms with E-state index in [1.165, 1.54) is 6.08 Å². The number of ether oxygens (including phenoxy) is 1. The third-order valence-corrected chi connectivity index (χ3v) is 1.51. The van der Waals surface area contributed by atoms with Crippen molar-refractivity contribution in [2.75, 3.05) is 11.9 Å². The van der Waals surface area contributed by atoms with Crippen LogP contribution in [0.15, 0.2) is 30.9 Å². The summed E-state index contributed by atoms with van der Waals surface area (Å²) < 4.78 is 4.75. The number of anilines is 1. The van der Waals surface area contributed by atoms with Gasteiger partial charge in [0.05, 0.1) is 0 Å². The Balaban J connectivity index is 2.51. The molecule has 0 aliphatic carbocycles. The summed E-state index contributed by atoms with van der Waals surface area (Å²) in [6.07, 6.45) is 1.03. The van der Waals surface area contributed by atoms with Gasteiger partial charge in [-0.05, 0) is 30.7 Å². The molecule has 0 atom stereocenters. The third kappa shape index (κ3) is 3.31. The maximum absolute atomic E-state index is 11.1. The van der Waals surface area contributed by atoms with Crippen molar-refractivity contribution < 1.29 is 9.53 Å². The molecule has 0 spiro atoms. The molecule has 1 N–H and O–H groups in total. The second-order valence-electron chi connectivity index (χ2n) is 2.81. The number of nitrogens with one attached hydrogen (secondary N) is 1. The fourth-order valence-corrected chi connectivity index (χ4v) is 0.952. The molecule has 3 nitrogen and oxygen atoms in total. The number of carbonyl (C=O) groups is 1. The summed E-state index contributed by atoms with van der Waals surface area (Å²) in [7, 11) is 0. The Hall–Kier alpha value is -1.77. The Morgan fingerprint density at radius 3 is 3.14 bits per heavy atom. The summed E-state index contributed by atoms with van der Waals surface area (Å²) in [5.41, 5.74) is 1.71. The van der Waals surface area contributed by atoms with Crippen molar-refractivity contribution in [2.24, 2.45) is 0 Å². The number of benzene rings is 1. The predicted octanol–water partition coefficient (Wildman–Crippen LogP) is 2.53. The molecule has 0 unspecified atom stereocenters. The van der Waals surface area contributed by atoms with E-state index in [1.54, 1.807) is 6.07 Å². The van der Waals surface area contributed by atoms with Crippen molar-refractivity contribution in [3.05, 3.63) is 42.5 Å². The Bertz CT molecular complexity index is 334. The minimum atomic E-state index is -0.482. The first-order valence-corrected chi connectivity index (χ1v) is 4.25. The van der Waals surface area contributed by atoms with Gasteiger partial charge in [-0.2, -0.15) is 0 Å². The molecule has 0 aromatic heterocycles. The molecule has 73 valence electrons. The number of amides is 1. The van der Waals surface area contributed by atoms with Gasteiger partial charge in [0.2, 0.25) is 0 Å². The van der Waals surface area contributed by atoms with Crippen LogP contribution in [0, 0.1) is 13.0 Å². The highest BCUT2D eigenvalue weighted by Crippen LogP contribution is 2.08. The monoisotopic (exact) mass is 190 g/mol. The maximum atomic E-state index is 11.1. The lowest BCUT2D eigenvalue weighted by atomic mass is 10.2. The van der Waals surface area contributed by atoms with Gasteiger partial charge < -0.3 is 4.74 Å². The summed E-state index contributed by atoms with van der Waals surface area (Å²) >= 11 is 0. The molecule has 1 aromatic carbocycles. The van der Waals surface area contributed by atoms with Crippen molar-refractivity contribution in [1.29, 1.82) is 0 Å². The van der Waals surface area contributed by atoms with Gasteiger partial charge in [0.25, 0.3) is 0 Å². The Morgan fingerprint density at radius 2 is 2.50 bits per heavy atom. The van der Waals surface area contributed by atoms with Gasteiger partial charge in [0.1, 0.15) is 6.61 Å². The highest BCUT2D eigenvalue weighted by atomic mass is 16.5. The second kappa shape index (κ2) is 5.07. The first-order valence-electron chi connectivity index (χ1n) is 4.25. The molecular weight excluding hydrogens is 178 g/mol.